The summed E-state index contributed by atoms with van der Waals surface area (Å²) < 4.78 is 5.30. The Morgan fingerprint density at radius 1 is 1.29 bits per heavy atom. The number of ether oxygens (including phenoxy) is 1. The Bertz CT molecular complexity index is 688. The van der Waals surface area contributed by atoms with Gasteiger partial charge in [0.05, 0.1) is 6.61 Å². The van der Waals surface area contributed by atoms with E-state index in [0.717, 1.165) is 5.56 Å². The van der Waals surface area contributed by atoms with Crippen LogP contribution in [0, 0.1) is 5.92 Å². The van der Waals surface area contributed by atoms with Crippen molar-refractivity contribution in [1.82, 2.24) is 5.32 Å². The Kier molecular flexibility index (Phi) is 9.80. The van der Waals surface area contributed by atoms with Gasteiger partial charge in [-0.3, -0.25) is 4.79 Å². The molecule has 0 aromatic heterocycles. The van der Waals surface area contributed by atoms with Crippen molar-refractivity contribution < 1.29 is 29.6 Å². The van der Waals surface area contributed by atoms with Crippen molar-refractivity contribution in [3.05, 3.63) is 40.3 Å². The van der Waals surface area contributed by atoms with Gasteiger partial charge in [-0.05, 0) is 42.0 Å². The van der Waals surface area contributed by atoms with E-state index in [1.165, 1.54) is 0 Å². The second kappa shape index (κ2) is 11.8. The van der Waals surface area contributed by atoms with Crippen molar-refractivity contribution in [2.45, 2.75) is 44.9 Å². The quantitative estimate of drug-likeness (QED) is 0.237. The molecule has 0 aliphatic heterocycles. The lowest BCUT2D eigenvalue weighted by atomic mass is 10.0. The Morgan fingerprint density at radius 3 is 2.43 bits per heavy atom. The number of hydrogen-bond acceptors (Lipinski definition) is 6. The van der Waals surface area contributed by atoms with Gasteiger partial charge in [0, 0.05) is 4.91 Å². The number of aliphatic carboxylic acids is 1. The van der Waals surface area contributed by atoms with Crippen LogP contribution in [0.15, 0.2) is 29.4 Å². The van der Waals surface area contributed by atoms with Crippen molar-refractivity contribution in [3.63, 3.8) is 0 Å². The lowest BCUT2D eigenvalue weighted by Gasteiger charge is -2.19. The average Bonchev–Trinajstić information content (AvgIpc) is 2.67. The van der Waals surface area contributed by atoms with Crippen LogP contribution in [0.5, 0.6) is 5.75 Å². The molecule has 28 heavy (non-hydrogen) atoms. The molecule has 1 amide bonds. The van der Waals surface area contributed by atoms with E-state index in [-0.39, 0.29) is 18.9 Å². The van der Waals surface area contributed by atoms with Crippen LogP contribution in [-0.2, 0) is 16.0 Å². The summed E-state index contributed by atoms with van der Waals surface area (Å²) in [6.45, 7) is 2.98. The zero-order chi connectivity index (χ0) is 21.1. The number of benzene rings is 1. The number of aliphatic hydroxyl groups excluding tert-OH is 2. The van der Waals surface area contributed by atoms with Crippen molar-refractivity contribution in [1.29, 1.82) is 0 Å². The van der Waals surface area contributed by atoms with E-state index in [0.29, 0.717) is 12.2 Å². The second-order valence-electron chi connectivity index (χ2n) is 6.62. The van der Waals surface area contributed by atoms with E-state index in [1.807, 2.05) is 0 Å². The minimum Gasteiger partial charge on any atom is -0.491 e. The molecule has 0 saturated carbocycles. The summed E-state index contributed by atoms with van der Waals surface area (Å²) in [7, 11) is 0. The smallest absolute Gasteiger partial charge is 0.326 e. The van der Waals surface area contributed by atoms with Crippen molar-refractivity contribution in [3.8, 4) is 5.75 Å². The van der Waals surface area contributed by atoms with Crippen LogP contribution >= 0.6 is 0 Å². The number of aliphatic hydroxyl groups is 2. The summed E-state index contributed by atoms with van der Waals surface area (Å²) in [5.41, 5.74) is 9.40. The number of amides is 1. The van der Waals surface area contributed by atoms with Gasteiger partial charge in [-0.1, -0.05) is 31.1 Å². The maximum absolute atomic E-state index is 12.2. The SMILES string of the molecule is CC(C)[C@H](N=[N+]=[N-])C(=O)NC(CCc1ccc(OCC(O)CO)cc1)C(=O)O. The standard InChI is InChI=1S/C18H26N4O6/c1-11(2)16(21-22-19)17(25)20-15(18(26)27)8-5-12-3-6-14(7-4-12)28-10-13(24)9-23/h3-4,6-7,11,13,15-16,23-24H,5,8-10H2,1-2H3,(H,20,25)(H,26,27)/t13?,15?,16-/m0/s1. The maximum atomic E-state index is 12.2. The highest BCUT2D eigenvalue weighted by atomic mass is 16.5. The van der Waals surface area contributed by atoms with Crippen LogP contribution in [0.3, 0.4) is 0 Å². The van der Waals surface area contributed by atoms with E-state index in [4.69, 9.17) is 15.4 Å². The van der Waals surface area contributed by atoms with Crippen LogP contribution < -0.4 is 10.1 Å². The Balaban J connectivity index is 2.64. The minimum atomic E-state index is -1.17. The van der Waals surface area contributed by atoms with Crippen molar-refractivity contribution in [2.75, 3.05) is 13.2 Å². The monoisotopic (exact) mass is 394 g/mol. The van der Waals surface area contributed by atoms with Gasteiger partial charge in [-0.15, -0.1) is 0 Å². The van der Waals surface area contributed by atoms with E-state index in [9.17, 15) is 19.8 Å². The summed E-state index contributed by atoms with van der Waals surface area (Å²) in [5.74, 6) is -1.54. The molecule has 0 heterocycles. The molecule has 2 unspecified atom stereocenters. The third-order valence-electron chi connectivity index (χ3n) is 3.99. The van der Waals surface area contributed by atoms with E-state index in [2.05, 4.69) is 15.3 Å². The van der Waals surface area contributed by atoms with E-state index < -0.39 is 36.7 Å². The van der Waals surface area contributed by atoms with Crippen LogP contribution in [0.4, 0.5) is 0 Å². The molecule has 0 spiro atoms. The first-order valence-corrected chi connectivity index (χ1v) is 8.86. The number of carboxylic acids is 1. The van der Waals surface area contributed by atoms with Gasteiger partial charge in [0.25, 0.3) is 0 Å². The van der Waals surface area contributed by atoms with Gasteiger partial charge in [-0.2, -0.15) is 0 Å². The van der Waals surface area contributed by atoms with Gasteiger partial charge in [-0.25, -0.2) is 4.79 Å². The molecule has 10 nitrogen and oxygen atoms in total. The summed E-state index contributed by atoms with van der Waals surface area (Å²) >= 11 is 0. The zero-order valence-corrected chi connectivity index (χ0v) is 15.9. The predicted octanol–water partition coefficient (Wildman–Crippen LogP) is 1.26. The number of nitrogens with one attached hydrogen (secondary N) is 1. The molecular weight excluding hydrogens is 368 g/mol. The second-order valence-corrected chi connectivity index (χ2v) is 6.62. The number of carbonyl (C=O) groups is 2. The van der Waals surface area contributed by atoms with Crippen LogP contribution in [-0.4, -0.2) is 58.6 Å². The van der Waals surface area contributed by atoms with Gasteiger partial charge in [0.1, 0.15) is 30.5 Å². The molecule has 10 heteroatoms. The van der Waals surface area contributed by atoms with Gasteiger partial charge < -0.3 is 25.4 Å². The summed E-state index contributed by atoms with van der Waals surface area (Å²) in [6, 6.07) is 4.75. The summed E-state index contributed by atoms with van der Waals surface area (Å²) in [6.07, 6.45) is -0.407. The highest BCUT2D eigenvalue weighted by Crippen LogP contribution is 2.15. The lowest BCUT2D eigenvalue weighted by Crippen LogP contribution is -2.46. The topological polar surface area (TPSA) is 165 Å². The fraction of sp³-hybridized carbons (Fsp3) is 0.556. The molecule has 3 atom stereocenters. The third-order valence-corrected chi connectivity index (χ3v) is 3.99. The lowest BCUT2D eigenvalue weighted by molar-refractivity contribution is -0.142. The molecule has 0 aliphatic rings. The molecule has 4 N–H and O–H groups in total. The van der Waals surface area contributed by atoms with Gasteiger partial charge >= 0.3 is 5.97 Å². The van der Waals surface area contributed by atoms with Crippen LogP contribution in [0.25, 0.3) is 10.4 Å². The van der Waals surface area contributed by atoms with Gasteiger partial charge in [0.2, 0.25) is 5.91 Å². The number of rotatable bonds is 12. The summed E-state index contributed by atoms with van der Waals surface area (Å²) in [4.78, 5) is 26.3. The number of carbonyl (C=O) groups excluding carboxylic acids is 1. The van der Waals surface area contributed by atoms with E-state index in [1.54, 1.807) is 38.1 Å². The van der Waals surface area contributed by atoms with Crippen LogP contribution in [0.2, 0.25) is 0 Å². The molecule has 1 rings (SSSR count). The Hall–Kier alpha value is -2.81. The first kappa shape index (κ1) is 23.2. The molecule has 0 radical (unpaired) electrons. The molecule has 1 aromatic carbocycles. The first-order chi connectivity index (χ1) is 13.3. The van der Waals surface area contributed by atoms with Crippen LogP contribution in [0.1, 0.15) is 25.8 Å². The average molecular weight is 394 g/mol. The summed E-state index contributed by atoms with van der Waals surface area (Å²) in [5, 5.41) is 33.2. The fourth-order valence-corrected chi connectivity index (χ4v) is 2.37. The third kappa shape index (κ3) is 7.83. The number of nitrogens with zero attached hydrogens (tertiary/aromatic N) is 3. The molecule has 0 fully saturated rings. The highest BCUT2D eigenvalue weighted by molar-refractivity contribution is 5.87. The number of aryl methyl sites for hydroxylation is 1. The first-order valence-electron chi connectivity index (χ1n) is 8.86. The predicted molar refractivity (Wildman–Crippen MR) is 101 cm³/mol. The molecule has 0 aliphatic carbocycles. The Morgan fingerprint density at radius 2 is 1.93 bits per heavy atom. The zero-order valence-electron chi connectivity index (χ0n) is 15.9. The molecule has 0 bridgehead atoms. The Labute approximate surface area is 162 Å². The minimum absolute atomic E-state index is 0.0365. The molecule has 154 valence electrons. The largest absolute Gasteiger partial charge is 0.491 e. The van der Waals surface area contributed by atoms with Crippen molar-refractivity contribution in [2.24, 2.45) is 11.0 Å². The fourth-order valence-electron chi connectivity index (χ4n) is 2.37. The molecule has 1 aromatic rings. The van der Waals surface area contributed by atoms with E-state index >= 15 is 0 Å². The highest BCUT2D eigenvalue weighted by Gasteiger charge is 2.26. The number of azide groups is 1. The molecule has 0 saturated heterocycles. The number of hydrogen-bond donors (Lipinski definition) is 4. The van der Waals surface area contributed by atoms with Gasteiger partial charge in [0.15, 0.2) is 0 Å². The normalized spacial score (nSPS) is 13.9. The number of carboxylic acid groups (broad SMARTS) is 1. The maximum Gasteiger partial charge on any atom is 0.326 e. The van der Waals surface area contributed by atoms with Crippen molar-refractivity contribution >= 4 is 11.9 Å². The molecular formula is C18H26N4O6.